The number of benzene rings is 1. The number of carbonyl (C=O) groups is 1. The lowest BCUT2D eigenvalue weighted by Gasteiger charge is -2.23. The Hall–Kier alpha value is -3.03. The molecule has 3 heterocycles. The molecule has 0 radical (unpaired) electrons. The van der Waals surface area contributed by atoms with Crippen molar-refractivity contribution in [3.63, 3.8) is 0 Å². The molecule has 25 heavy (non-hydrogen) atoms. The molecule has 1 N–H and O–H groups in total. The van der Waals surface area contributed by atoms with Crippen LogP contribution < -0.4 is 5.32 Å². The number of rotatable bonds is 1. The number of nitrogens with zero attached hydrogens (tertiary/aromatic N) is 3. The van der Waals surface area contributed by atoms with E-state index in [1.54, 1.807) is 18.5 Å². The monoisotopic (exact) mass is 346 g/mol. The fraction of sp³-hybridized carbons (Fsp3) is 0.176. The van der Waals surface area contributed by atoms with Crippen molar-refractivity contribution in [3.8, 4) is 11.4 Å². The molecule has 4 rings (SSSR count). The maximum absolute atomic E-state index is 13.8. The lowest BCUT2D eigenvalue weighted by atomic mass is 10.0. The van der Waals surface area contributed by atoms with Gasteiger partial charge in [0.15, 0.2) is 17.5 Å². The average molecular weight is 346 g/mol. The zero-order valence-electron chi connectivity index (χ0n) is 13.1. The number of hydrogen-bond acceptors (Lipinski definition) is 2. The van der Waals surface area contributed by atoms with E-state index < -0.39 is 29.2 Å². The van der Waals surface area contributed by atoms with Crippen LogP contribution in [-0.4, -0.2) is 20.1 Å². The number of anilines is 1. The maximum Gasteiger partial charge on any atom is 0.330 e. The van der Waals surface area contributed by atoms with E-state index in [1.807, 2.05) is 17.7 Å². The van der Waals surface area contributed by atoms with Crippen LogP contribution in [0.3, 0.4) is 0 Å². The summed E-state index contributed by atoms with van der Waals surface area (Å²) in [7, 11) is 0. The molecule has 1 aromatic carbocycles. The summed E-state index contributed by atoms with van der Waals surface area (Å²) < 4.78 is 43.4. The van der Waals surface area contributed by atoms with Crippen LogP contribution in [0.5, 0.6) is 0 Å². The highest BCUT2D eigenvalue weighted by atomic mass is 19.2. The highest BCUT2D eigenvalue weighted by Crippen LogP contribution is 2.34. The minimum Gasteiger partial charge on any atom is -0.328 e. The molecule has 5 nitrogen and oxygen atoms in total. The van der Waals surface area contributed by atoms with E-state index in [2.05, 4.69) is 10.3 Å². The van der Waals surface area contributed by atoms with E-state index in [0.717, 1.165) is 29.2 Å². The Kier molecular flexibility index (Phi) is 3.41. The molecule has 2 aromatic heterocycles. The molecule has 128 valence electrons. The van der Waals surface area contributed by atoms with Gasteiger partial charge in [-0.25, -0.2) is 22.9 Å². The molecule has 1 atom stereocenters. The first-order valence-electron chi connectivity index (χ1n) is 7.65. The number of aromatic nitrogens is 3. The van der Waals surface area contributed by atoms with E-state index in [1.165, 1.54) is 4.57 Å². The molecule has 3 aromatic rings. The number of imidazole rings is 1. The van der Waals surface area contributed by atoms with Crippen LogP contribution in [0.1, 0.15) is 18.7 Å². The summed E-state index contributed by atoms with van der Waals surface area (Å²) in [6.07, 6.45) is 5.69. The molecule has 0 spiro atoms. The van der Waals surface area contributed by atoms with Crippen molar-refractivity contribution in [1.82, 2.24) is 14.1 Å². The third-order valence-electron chi connectivity index (χ3n) is 4.36. The Morgan fingerprint density at radius 2 is 2.00 bits per heavy atom. The highest BCUT2D eigenvalue weighted by Gasteiger charge is 2.27. The molecule has 0 bridgehead atoms. The lowest BCUT2D eigenvalue weighted by molar-refractivity contribution is 0.252. The third-order valence-corrected chi connectivity index (χ3v) is 4.36. The van der Waals surface area contributed by atoms with Gasteiger partial charge in [-0.05, 0) is 25.1 Å². The quantitative estimate of drug-likeness (QED) is 0.678. The zero-order valence-corrected chi connectivity index (χ0v) is 13.1. The van der Waals surface area contributed by atoms with Gasteiger partial charge in [-0.3, -0.25) is 4.57 Å². The second kappa shape index (κ2) is 5.51. The topological polar surface area (TPSA) is 51.9 Å². The van der Waals surface area contributed by atoms with Gasteiger partial charge in [-0.15, -0.1) is 0 Å². The first kappa shape index (κ1) is 15.5. The lowest BCUT2D eigenvalue weighted by Crippen LogP contribution is -2.25. The van der Waals surface area contributed by atoms with E-state index in [9.17, 15) is 18.0 Å². The predicted octanol–water partition coefficient (Wildman–Crippen LogP) is 3.97. The molecule has 1 amide bonds. The molecule has 0 aliphatic carbocycles. The number of hydrogen-bond donors (Lipinski definition) is 1. The summed E-state index contributed by atoms with van der Waals surface area (Å²) in [5.74, 6) is -3.62. The Morgan fingerprint density at radius 1 is 1.20 bits per heavy atom. The van der Waals surface area contributed by atoms with E-state index >= 15 is 0 Å². The van der Waals surface area contributed by atoms with Gasteiger partial charge in [0, 0.05) is 42.3 Å². The third kappa shape index (κ3) is 2.33. The molecule has 1 aliphatic rings. The normalized spacial score (nSPS) is 15.6. The number of halogens is 3. The van der Waals surface area contributed by atoms with Gasteiger partial charge < -0.3 is 9.88 Å². The van der Waals surface area contributed by atoms with Crippen LogP contribution in [0.4, 0.5) is 23.7 Å². The standard InChI is InChI=1S/C17H13F3N4O/c1-9-8-13-10(16-21-5-7-23(9)16)4-6-24(13)17(25)22-12-3-2-11(18)14(19)15(12)20/h2-7,9H,8H2,1H3,(H,22,25)/t9-/m1/s1. The zero-order chi connectivity index (χ0) is 17.7. The van der Waals surface area contributed by atoms with Gasteiger partial charge in [-0.1, -0.05) is 0 Å². The van der Waals surface area contributed by atoms with Crippen molar-refractivity contribution in [2.24, 2.45) is 0 Å². The molecule has 0 saturated heterocycles. The van der Waals surface area contributed by atoms with E-state index in [-0.39, 0.29) is 6.04 Å². The largest absolute Gasteiger partial charge is 0.330 e. The van der Waals surface area contributed by atoms with Crippen molar-refractivity contribution in [2.45, 2.75) is 19.4 Å². The van der Waals surface area contributed by atoms with Crippen LogP contribution in [0.25, 0.3) is 11.4 Å². The Labute approximate surface area is 140 Å². The van der Waals surface area contributed by atoms with Crippen molar-refractivity contribution in [1.29, 1.82) is 0 Å². The van der Waals surface area contributed by atoms with Crippen molar-refractivity contribution < 1.29 is 18.0 Å². The summed E-state index contributed by atoms with van der Waals surface area (Å²) in [4.78, 5) is 16.8. The van der Waals surface area contributed by atoms with Gasteiger partial charge >= 0.3 is 6.03 Å². The van der Waals surface area contributed by atoms with Crippen molar-refractivity contribution in [3.05, 3.63) is 59.9 Å². The summed E-state index contributed by atoms with van der Waals surface area (Å²) >= 11 is 0. The number of fused-ring (bicyclic) bond motifs is 3. The molecule has 0 saturated carbocycles. The van der Waals surface area contributed by atoms with Gasteiger partial charge in [0.05, 0.1) is 5.69 Å². The molecule has 0 unspecified atom stereocenters. The first-order valence-corrected chi connectivity index (χ1v) is 7.65. The molecule has 0 fully saturated rings. The molecular formula is C17H13F3N4O. The summed E-state index contributed by atoms with van der Waals surface area (Å²) in [5.41, 5.74) is 1.12. The van der Waals surface area contributed by atoms with Crippen molar-refractivity contribution >= 4 is 11.7 Å². The van der Waals surface area contributed by atoms with E-state index in [0.29, 0.717) is 6.42 Å². The van der Waals surface area contributed by atoms with Gasteiger partial charge in [-0.2, -0.15) is 0 Å². The van der Waals surface area contributed by atoms with Crippen molar-refractivity contribution in [2.75, 3.05) is 5.32 Å². The second-order valence-electron chi connectivity index (χ2n) is 5.91. The van der Waals surface area contributed by atoms with Gasteiger partial charge in [0.25, 0.3) is 0 Å². The van der Waals surface area contributed by atoms with Gasteiger partial charge in [0.2, 0.25) is 0 Å². The van der Waals surface area contributed by atoms with E-state index in [4.69, 9.17) is 0 Å². The smallest absolute Gasteiger partial charge is 0.328 e. The summed E-state index contributed by atoms with van der Waals surface area (Å²) in [6.45, 7) is 2.00. The minimum atomic E-state index is -1.62. The second-order valence-corrected chi connectivity index (χ2v) is 5.91. The Balaban J connectivity index is 1.69. The van der Waals surface area contributed by atoms with Crippen LogP contribution in [0, 0.1) is 17.5 Å². The highest BCUT2D eigenvalue weighted by molar-refractivity contribution is 5.92. The van der Waals surface area contributed by atoms with Crippen LogP contribution in [0.2, 0.25) is 0 Å². The SMILES string of the molecule is C[C@@H]1Cc2c(ccn2C(=O)Nc2ccc(F)c(F)c2F)-c2nccn21. The molecule has 8 heteroatoms. The number of nitrogens with one attached hydrogen (secondary N) is 1. The van der Waals surface area contributed by atoms with Crippen LogP contribution >= 0.6 is 0 Å². The Morgan fingerprint density at radius 3 is 2.80 bits per heavy atom. The molecular weight excluding hydrogens is 333 g/mol. The van der Waals surface area contributed by atoms with Crippen LogP contribution in [-0.2, 0) is 6.42 Å². The maximum atomic E-state index is 13.8. The minimum absolute atomic E-state index is 0.103. The average Bonchev–Trinajstić information content (AvgIpc) is 3.22. The fourth-order valence-corrected chi connectivity index (χ4v) is 3.12. The number of amides is 1. The molecule has 1 aliphatic heterocycles. The fourth-order valence-electron chi connectivity index (χ4n) is 3.12. The first-order chi connectivity index (χ1) is 12.0. The Bertz CT molecular complexity index is 992. The number of carbonyl (C=O) groups excluding carboxylic acids is 1. The van der Waals surface area contributed by atoms with Gasteiger partial charge in [0.1, 0.15) is 5.82 Å². The summed E-state index contributed by atoms with van der Waals surface area (Å²) in [5, 5.41) is 2.28. The van der Waals surface area contributed by atoms with Crippen LogP contribution in [0.15, 0.2) is 36.8 Å². The summed E-state index contributed by atoms with van der Waals surface area (Å²) in [6, 6.07) is 2.95. The predicted molar refractivity (Wildman–Crippen MR) is 84.8 cm³/mol.